The lowest BCUT2D eigenvalue weighted by molar-refractivity contribution is -0.0888. The first-order valence-electron chi connectivity index (χ1n) is 5.31. The van der Waals surface area contributed by atoms with Gasteiger partial charge in [0.15, 0.2) is 0 Å². The molecule has 1 aliphatic heterocycles. The van der Waals surface area contributed by atoms with Crippen LogP contribution in [0.5, 0.6) is 0 Å². The molecular weight excluding hydrogens is 233 g/mol. The molecule has 0 aliphatic carbocycles. The molecule has 0 spiro atoms. The Labute approximate surface area is 96.3 Å². The maximum absolute atomic E-state index is 12.2. The fourth-order valence-corrected chi connectivity index (χ4v) is 1.86. The number of Topliss-reactive ketones (excluding diaryl/α,β-unsaturated/α-hetero) is 1. The van der Waals surface area contributed by atoms with Crippen LogP contribution in [0.15, 0.2) is 18.3 Å². The predicted octanol–water partition coefficient (Wildman–Crippen LogP) is 2.43. The summed E-state index contributed by atoms with van der Waals surface area (Å²) in [4.78, 5) is 16.5. The third-order valence-corrected chi connectivity index (χ3v) is 2.70. The van der Waals surface area contributed by atoms with Crippen LogP contribution in [0.3, 0.4) is 0 Å². The van der Waals surface area contributed by atoms with Gasteiger partial charge in [-0.3, -0.25) is 9.78 Å². The molecule has 1 aliphatic rings. The highest BCUT2D eigenvalue weighted by molar-refractivity contribution is 5.99. The van der Waals surface area contributed by atoms with Crippen LogP contribution in [0.2, 0.25) is 0 Å². The Kier molecular flexibility index (Phi) is 3.04. The number of hydrogen-bond donors (Lipinski definition) is 0. The number of halogens is 3. The van der Waals surface area contributed by atoms with Gasteiger partial charge in [-0.05, 0) is 25.0 Å². The Hall–Kier alpha value is -1.59. The van der Waals surface area contributed by atoms with Crippen molar-refractivity contribution in [2.24, 2.45) is 0 Å². The molecule has 2 heterocycles. The van der Waals surface area contributed by atoms with E-state index in [2.05, 4.69) is 4.98 Å². The van der Waals surface area contributed by atoms with Crippen molar-refractivity contribution in [3.05, 3.63) is 24.0 Å². The van der Waals surface area contributed by atoms with Gasteiger partial charge in [-0.15, -0.1) is 0 Å². The van der Waals surface area contributed by atoms with Gasteiger partial charge in [0.2, 0.25) is 0 Å². The third kappa shape index (κ3) is 2.57. The molecule has 6 heteroatoms. The van der Waals surface area contributed by atoms with E-state index in [4.69, 9.17) is 0 Å². The number of nitrogens with zero attached hydrogens (tertiary/aromatic N) is 2. The topological polar surface area (TPSA) is 33.2 Å². The maximum Gasteiger partial charge on any atom is 0.456 e. The quantitative estimate of drug-likeness (QED) is 0.749. The smallest absolute Gasteiger partial charge is 0.371 e. The van der Waals surface area contributed by atoms with Gasteiger partial charge in [0.1, 0.15) is 5.69 Å². The summed E-state index contributed by atoms with van der Waals surface area (Å²) in [6.07, 6.45) is -1.58. The number of anilines is 1. The molecule has 0 aromatic carbocycles. The normalized spacial score (nSPS) is 16.3. The van der Waals surface area contributed by atoms with Crippen molar-refractivity contribution in [2.45, 2.75) is 19.0 Å². The predicted molar refractivity (Wildman–Crippen MR) is 56.1 cm³/mol. The summed E-state index contributed by atoms with van der Waals surface area (Å²) < 4.78 is 36.7. The van der Waals surface area contributed by atoms with Crippen LogP contribution in [0, 0.1) is 0 Å². The van der Waals surface area contributed by atoms with E-state index in [0.717, 1.165) is 25.9 Å². The van der Waals surface area contributed by atoms with Crippen molar-refractivity contribution in [1.29, 1.82) is 0 Å². The van der Waals surface area contributed by atoms with Crippen LogP contribution in [0.25, 0.3) is 0 Å². The second kappa shape index (κ2) is 4.35. The summed E-state index contributed by atoms with van der Waals surface area (Å²) in [5, 5.41) is 0. The van der Waals surface area contributed by atoms with Gasteiger partial charge in [0, 0.05) is 25.0 Å². The van der Waals surface area contributed by atoms with E-state index < -0.39 is 17.7 Å². The minimum atomic E-state index is -4.86. The van der Waals surface area contributed by atoms with Gasteiger partial charge < -0.3 is 4.90 Å². The number of aromatic nitrogens is 1. The van der Waals surface area contributed by atoms with E-state index >= 15 is 0 Å². The van der Waals surface area contributed by atoms with Gasteiger partial charge in [-0.25, -0.2) is 0 Å². The average Bonchev–Trinajstić information content (AvgIpc) is 2.80. The lowest BCUT2D eigenvalue weighted by Crippen LogP contribution is -2.25. The van der Waals surface area contributed by atoms with Crippen molar-refractivity contribution < 1.29 is 18.0 Å². The molecule has 2 rings (SSSR count). The lowest BCUT2D eigenvalue weighted by Gasteiger charge is -2.17. The van der Waals surface area contributed by atoms with Crippen molar-refractivity contribution >= 4 is 11.5 Å². The van der Waals surface area contributed by atoms with Crippen molar-refractivity contribution in [1.82, 2.24) is 4.98 Å². The van der Waals surface area contributed by atoms with E-state index in [1.54, 1.807) is 6.07 Å². The number of rotatable bonds is 2. The highest BCUT2D eigenvalue weighted by atomic mass is 19.4. The molecule has 0 N–H and O–H groups in total. The molecule has 0 amide bonds. The van der Waals surface area contributed by atoms with Crippen molar-refractivity contribution in [2.75, 3.05) is 18.0 Å². The van der Waals surface area contributed by atoms with Gasteiger partial charge in [0.25, 0.3) is 5.78 Å². The first-order valence-corrected chi connectivity index (χ1v) is 5.31. The van der Waals surface area contributed by atoms with Crippen LogP contribution in [-0.4, -0.2) is 30.0 Å². The fourth-order valence-electron chi connectivity index (χ4n) is 1.86. The Morgan fingerprint density at radius 3 is 2.53 bits per heavy atom. The fraction of sp³-hybridized carbons (Fsp3) is 0.455. The molecule has 0 saturated carbocycles. The second-order valence-electron chi connectivity index (χ2n) is 3.92. The monoisotopic (exact) mass is 244 g/mol. The summed E-state index contributed by atoms with van der Waals surface area (Å²) in [5.74, 6) is -1.89. The van der Waals surface area contributed by atoms with E-state index in [1.165, 1.54) is 12.3 Å². The number of carbonyl (C=O) groups is 1. The Balaban J connectivity index is 2.25. The van der Waals surface area contributed by atoms with Crippen LogP contribution >= 0.6 is 0 Å². The Bertz CT molecular complexity index is 425. The molecule has 1 saturated heterocycles. The Morgan fingerprint density at radius 2 is 1.94 bits per heavy atom. The first kappa shape index (κ1) is 11.9. The number of alkyl halides is 3. The number of hydrogen-bond acceptors (Lipinski definition) is 3. The van der Waals surface area contributed by atoms with Crippen LogP contribution in [0.1, 0.15) is 23.3 Å². The standard InChI is InChI=1S/C11H11F3N2O/c12-11(13,14)10(17)9-7-8(3-4-15-9)16-5-1-2-6-16/h3-4,7H,1-2,5-6H2. The van der Waals surface area contributed by atoms with Crippen LogP contribution < -0.4 is 4.90 Å². The van der Waals surface area contributed by atoms with Gasteiger partial charge in [-0.2, -0.15) is 13.2 Å². The van der Waals surface area contributed by atoms with Crippen LogP contribution in [0.4, 0.5) is 18.9 Å². The summed E-state index contributed by atoms with van der Waals surface area (Å²) in [6.45, 7) is 1.62. The van der Waals surface area contributed by atoms with Gasteiger partial charge in [-0.1, -0.05) is 0 Å². The molecule has 1 aromatic rings. The second-order valence-corrected chi connectivity index (χ2v) is 3.92. The minimum absolute atomic E-state index is 0.540. The van der Waals surface area contributed by atoms with E-state index in [9.17, 15) is 18.0 Å². The lowest BCUT2D eigenvalue weighted by atomic mass is 10.2. The van der Waals surface area contributed by atoms with E-state index in [-0.39, 0.29) is 0 Å². The summed E-state index contributed by atoms with van der Waals surface area (Å²) in [6, 6.07) is 2.83. The molecule has 0 atom stereocenters. The molecule has 0 radical (unpaired) electrons. The highest BCUT2D eigenvalue weighted by Crippen LogP contribution is 2.24. The Morgan fingerprint density at radius 1 is 1.29 bits per heavy atom. The molecule has 0 bridgehead atoms. The zero-order valence-corrected chi connectivity index (χ0v) is 9.00. The SMILES string of the molecule is O=C(c1cc(N2CCCC2)ccn1)C(F)(F)F. The van der Waals surface area contributed by atoms with E-state index in [0.29, 0.717) is 5.69 Å². The maximum atomic E-state index is 12.2. The van der Waals surface area contributed by atoms with Crippen molar-refractivity contribution in [3.63, 3.8) is 0 Å². The molecule has 1 fully saturated rings. The summed E-state index contributed by atoms with van der Waals surface area (Å²) >= 11 is 0. The molecule has 3 nitrogen and oxygen atoms in total. The summed E-state index contributed by atoms with van der Waals surface area (Å²) in [7, 11) is 0. The third-order valence-electron chi connectivity index (χ3n) is 2.70. The first-order chi connectivity index (χ1) is 7.98. The zero-order chi connectivity index (χ0) is 12.5. The molecule has 17 heavy (non-hydrogen) atoms. The minimum Gasteiger partial charge on any atom is -0.371 e. The average molecular weight is 244 g/mol. The molecule has 1 aromatic heterocycles. The largest absolute Gasteiger partial charge is 0.456 e. The van der Waals surface area contributed by atoms with Crippen molar-refractivity contribution in [3.8, 4) is 0 Å². The number of ketones is 1. The number of carbonyl (C=O) groups excluding carboxylic acids is 1. The summed E-state index contributed by atoms with van der Waals surface area (Å²) in [5.41, 5.74) is 0.0898. The zero-order valence-electron chi connectivity index (χ0n) is 9.00. The van der Waals surface area contributed by atoms with Gasteiger partial charge >= 0.3 is 6.18 Å². The van der Waals surface area contributed by atoms with Gasteiger partial charge in [0.05, 0.1) is 0 Å². The molecule has 92 valence electrons. The molecule has 0 unspecified atom stereocenters. The van der Waals surface area contributed by atoms with Crippen LogP contribution in [-0.2, 0) is 0 Å². The number of pyridine rings is 1. The molecular formula is C11H11F3N2O. The van der Waals surface area contributed by atoms with E-state index in [1.807, 2.05) is 4.90 Å². The highest BCUT2D eigenvalue weighted by Gasteiger charge is 2.40.